The Morgan fingerprint density at radius 1 is 0.760 bits per heavy atom. The van der Waals surface area contributed by atoms with E-state index < -0.39 is 5.97 Å². The van der Waals surface area contributed by atoms with Crippen LogP contribution in [0, 0.1) is 0 Å². The maximum Gasteiger partial charge on any atom is 0.330 e. The van der Waals surface area contributed by atoms with E-state index >= 15 is 0 Å². The van der Waals surface area contributed by atoms with Crippen molar-refractivity contribution in [1.29, 1.82) is 0 Å². The summed E-state index contributed by atoms with van der Waals surface area (Å²) in [5.74, 6) is -1.28. The van der Waals surface area contributed by atoms with Gasteiger partial charge in [0.25, 0.3) is 0 Å². The van der Waals surface area contributed by atoms with Gasteiger partial charge in [-0.05, 0) is 6.42 Å². The molecule has 25 heavy (non-hydrogen) atoms. The Labute approximate surface area is 154 Å². The van der Waals surface area contributed by atoms with E-state index in [-0.39, 0.29) is 5.97 Å². The molecular formula is C21H38O4. The standard InChI is InChI=1S/C18H34O2.C3H4O2/c1-3-5-6-7-8-9-10-11-12-13-14-15-16-17-20-18(19)4-2;1-2-3(4)5/h4H,2-3,5-17H2,1H3;2H,1H2,(H,4,5). The summed E-state index contributed by atoms with van der Waals surface area (Å²) in [5, 5.41) is 7.60. The Hall–Kier alpha value is -1.58. The quantitative estimate of drug-likeness (QED) is 0.208. The molecule has 0 aromatic rings. The highest BCUT2D eigenvalue weighted by atomic mass is 16.5. The van der Waals surface area contributed by atoms with E-state index in [2.05, 4.69) is 20.1 Å². The third kappa shape index (κ3) is 27.6. The van der Waals surface area contributed by atoms with E-state index in [1.165, 1.54) is 83.1 Å². The molecule has 0 radical (unpaired) electrons. The molecule has 0 amide bonds. The minimum absolute atomic E-state index is 0.302. The molecule has 0 bridgehead atoms. The van der Waals surface area contributed by atoms with Crippen molar-refractivity contribution in [3.63, 3.8) is 0 Å². The first-order valence-electron chi connectivity index (χ1n) is 9.73. The first-order chi connectivity index (χ1) is 12.1. The number of aliphatic carboxylic acids is 1. The van der Waals surface area contributed by atoms with Crippen LogP contribution in [0.3, 0.4) is 0 Å². The molecule has 0 heterocycles. The zero-order valence-electron chi connectivity index (χ0n) is 16.1. The molecule has 0 saturated heterocycles. The zero-order valence-corrected chi connectivity index (χ0v) is 16.1. The molecule has 0 aliphatic rings. The second-order valence-electron chi connectivity index (χ2n) is 6.16. The first kappa shape index (κ1) is 25.7. The predicted molar refractivity (Wildman–Crippen MR) is 105 cm³/mol. The summed E-state index contributed by atoms with van der Waals surface area (Å²) in [4.78, 5) is 20.0. The Morgan fingerprint density at radius 2 is 1.12 bits per heavy atom. The molecule has 1 N–H and O–H groups in total. The topological polar surface area (TPSA) is 63.6 Å². The Kier molecular flexibility index (Phi) is 23.0. The van der Waals surface area contributed by atoms with Crippen molar-refractivity contribution in [2.75, 3.05) is 6.61 Å². The van der Waals surface area contributed by atoms with Crippen molar-refractivity contribution in [1.82, 2.24) is 0 Å². The van der Waals surface area contributed by atoms with Gasteiger partial charge in [-0.15, -0.1) is 0 Å². The molecule has 0 aliphatic heterocycles. The van der Waals surface area contributed by atoms with Crippen LogP contribution in [0.4, 0.5) is 0 Å². The van der Waals surface area contributed by atoms with Gasteiger partial charge in [0.1, 0.15) is 0 Å². The summed E-state index contributed by atoms with van der Waals surface area (Å²) in [7, 11) is 0. The fraction of sp³-hybridized carbons (Fsp3) is 0.714. The van der Waals surface area contributed by atoms with Gasteiger partial charge in [-0.3, -0.25) is 0 Å². The fourth-order valence-electron chi connectivity index (χ4n) is 2.35. The molecule has 0 fully saturated rings. The Bertz CT molecular complexity index is 337. The van der Waals surface area contributed by atoms with Gasteiger partial charge in [0.05, 0.1) is 6.61 Å². The second-order valence-corrected chi connectivity index (χ2v) is 6.16. The lowest BCUT2D eigenvalue weighted by Gasteiger charge is -2.03. The molecule has 0 aromatic carbocycles. The number of unbranched alkanes of at least 4 members (excludes halogenated alkanes) is 12. The molecule has 0 aromatic heterocycles. The maximum atomic E-state index is 10.8. The van der Waals surface area contributed by atoms with Crippen molar-refractivity contribution in [3.8, 4) is 0 Å². The smallest absolute Gasteiger partial charge is 0.330 e. The summed E-state index contributed by atoms with van der Waals surface area (Å²) in [6, 6.07) is 0. The molecule has 0 aliphatic carbocycles. The number of carbonyl (C=O) groups is 2. The van der Waals surface area contributed by atoms with Gasteiger partial charge < -0.3 is 9.84 Å². The summed E-state index contributed by atoms with van der Waals surface area (Å²) in [6.45, 7) is 9.14. The van der Waals surface area contributed by atoms with Crippen LogP contribution in [-0.2, 0) is 14.3 Å². The predicted octanol–water partition coefficient (Wildman–Crippen LogP) is 6.06. The zero-order chi connectivity index (χ0) is 19.2. The summed E-state index contributed by atoms with van der Waals surface area (Å²) < 4.78 is 4.93. The van der Waals surface area contributed by atoms with Gasteiger partial charge in [0, 0.05) is 12.2 Å². The van der Waals surface area contributed by atoms with Crippen molar-refractivity contribution < 1.29 is 19.4 Å². The number of carboxylic acid groups (broad SMARTS) is 1. The van der Waals surface area contributed by atoms with Crippen LogP contribution in [0.2, 0.25) is 0 Å². The van der Waals surface area contributed by atoms with Crippen LogP contribution in [0.1, 0.15) is 90.4 Å². The Balaban J connectivity index is 0. The number of hydrogen-bond donors (Lipinski definition) is 1. The van der Waals surface area contributed by atoms with Crippen LogP contribution in [0.15, 0.2) is 25.3 Å². The normalized spacial score (nSPS) is 9.64. The number of esters is 1. The maximum absolute atomic E-state index is 10.8. The van der Waals surface area contributed by atoms with E-state index in [0.29, 0.717) is 6.61 Å². The van der Waals surface area contributed by atoms with Gasteiger partial charge in [-0.1, -0.05) is 97.1 Å². The molecular weight excluding hydrogens is 316 g/mol. The van der Waals surface area contributed by atoms with E-state index in [9.17, 15) is 9.59 Å². The van der Waals surface area contributed by atoms with Crippen molar-refractivity contribution >= 4 is 11.9 Å². The van der Waals surface area contributed by atoms with E-state index in [1.54, 1.807) is 0 Å². The number of ether oxygens (including phenoxy) is 1. The summed E-state index contributed by atoms with van der Waals surface area (Å²) in [6.07, 6.45) is 19.4. The largest absolute Gasteiger partial charge is 0.478 e. The highest BCUT2D eigenvalue weighted by molar-refractivity contribution is 5.81. The lowest BCUT2D eigenvalue weighted by atomic mass is 10.0. The number of rotatable bonds is 16. The minimum atomic E-state index is -0.981. The molecule has 0 atom stereocenters. The molecule has 0 saturated carbocycles. The molecule has 4 nitrogen and oxygen atoms in total. The van der Waals surface area contributed by atoms with E-state index in [4.69, 9.17) is 9.84 Å². The first-order valence-corrected chi connectivity index (χ1v) is 9.73. The van der Waals surface area contributed by atoms with E-state index in [0.717, 1.165) is 12.5 Å². The average molecular weight is 355 g/mol. The molecule has 146 valence electrons. The van der Waals surface area contributed by atoms with Gasteiger partial charge >= 0.3 is 11.9 Å². The van der Waals surface area contributed by atoms with Crippen molar-refractivity contribution in [2.45, 2.75) is 90.4 Å². The summed E-state index contributed by atoms with van der Waals surface area (Å²) >= 11 is 0. The second kappa shape index (κ2) is 22.4. The molecule has 0 unspecified atom stereocenters. The highest BCUT2D eigenvalue weighted by Crippen LogP contribution is 2.12. The van der Waals surface area contributed by atoms with E-state index in [1.807, 2.05) is 0 Å². The number of hydrogen-bond acceptors (Lipinski definition) is 3. The van der Waals surface area contributed by atoms with Crippen LogP contribution < -0.4 is 0 Å². The van der Waals surface area contributed by atoms with Gasteiger partial charge in [-0.25, -0.2) is 9.59 Å². The third-order valence-corrected chi connectivity index (χ3v) is 3.83. The highest BCUT2D eigenvalue weighted by Gasteiger charge is 1.96. The third-order valence-electron chi connectivity index (χ3n) is 3.83. The van der Waals surface area contributed by atoms with Crippen molar-refractivity contribution in [3.05, 3.63) is 25.3 Å². The minimum Gasteiger partial charge on any atom is -0.478 e. The average Bonchev–Trinajstić information content (AvgIpc) is 2.62. The lowest BCUT2D eigenvalue weighted by Crippen LogP contribution is -2.01. The van der Waals surface area contributed by atoms with Crippen LogP contribution in [-0.4, -0.2) is 23.7 Å². The lowest BCUT2D eigenvalue weighted by molar-refractivity contribution is -0.138. The monoisotopic (exact) mass is 354 g/mol. The van der Waals surface area contributed by atoms with Gasteiger partial charge in [-0.2, -0.15) is 0 Å². The Morgan fingerprint density at radius 3 is 1.44 bits per heavy atom. The molecule has 0 spiro atoms. The van der Waals surface area contributed by atoms with Gasteiger partial charge in [0.2, 0.25) is 0 Å². The number of carbonyl (C=O) groups excluding carboxylic acids is 1. The van der Waals surface area contributed by atoms with Crippen LogP contribution in [0.5, 0.6) is 0 Å². The fourth-order valence-corrected chi connectivity index (χ4v) is 2.35. The number of carboxylic acids is 1. The van der Waals surface area contributed by atoms with Crippen molar-refractivity contribution in [2.24, 2.45) is 0 Å². The van der Waals surface area contributed by atoms with Crippen LogP contribution >= 0.6 is 0 Å². The SMILES string of the molecule is C=CC(=O)O.C=CC(=O)OCCCCCCCCCCCCCCC. The molecule has 0 rings (SSSR count). The summed E-state index contributed by atoms with van der Waals surface area (Å²) in [5.41, 5.74) is 0. The van der Waals surface area contributed by atoms with Gasteiger partial charge in [0.15, 0.2) is 0 Å². The van der Waals surface area contributed by atoms with Crippen LogP contribution in [0.25, 0.3) is 0 Å². The molecule has 4 heteroatoms.